The van der Waals surface area contributed by atoms with Crippen molar-refractivity contribution < 1.29 is 23.4 Å². The number of alkyl halides is 3. The lowest BCUT2D eigenvalue weighted by molar-refractivity contribution is -0.137. The van der Waals surface area contributed by atoms with Crippen LogP contribution in [0.15, 0.2) is 30.3 Å². The van der Waals surface area contributed by atoms with E-state index >= 15 is 0 Å². The predicted molar refractivity (Wildman–Crippen MR) is 115 cm³/mol. The molecule has 1 saturated carbocycles. The predicted octanol–water partition coefficient (Wildman–Crippen LogP) is 2.84. The highest BCUT2D eigenvalue weighted by Crippen LogP contribution is 2.44. The fourth-order valence-corrected chi connectivity index (χ4v) is 4.83. The second-order valence-electron chi connectivity index (χ2n) is 8.73. The second kappa shape index (κ2) is 8.11. The second-order valence-corrected chi connectivity index (χ2v) is 8.73. The highest BCUT2D eigenvalue weighted by atomic mass is 19.4. The van der Waals surface area contributed by atoms with Gasteiger partial charge in [-0.15, -0.1) is 0 Å². The molecule has 1 aliphatic heterocycles. The first kappa shape index (κ1) is 22.7. The molecule has 7 nitrogen and oxygen atoms in total. The van der Waals surface area contributed by atoms with E-state index in [4.69, 9.17) is 11.5 Å². The van der Waals surface area contributed by atoms with E-state index < -0.39 is 35.3 Å². The fraction of sp³-hybridized carbons (Fsp3) is 0.455. The topological polar surface area (TPSA) is 129 Å². The Labute approximate surface area is 184 Å². The van der Waals surface area contributed by atoms with E-state index in [0.717, 1.165) is 25.3 Å². The molecule has 2 unspecified atom stereocenters. The van der Waals surface area contributed by atoms with E-state index in [1.54, 1.807) is 12.1 Å². The standard InChI is InChI=1S/C22H28F3N5O2/c1-21(28-15-4-2-3-5-16(15)31)19-14(27)9-8-13(26)18(19)20(29-30-21)12-7-6-11(10-17(12)32)22(23,24)25/h6-10,15-16,20,28-32H,2-5,26-27H2,1H3/t15-,16-,20?,21?/m1/s1. The maximum Gasteiger partial charge on any atom is 0.416 e. The minimum absolute atomic E-state index is 0.173. The molecule has 10 heteroatoms. The first-order chi connectivity index (χ1) is 15.0. The van der Waals surface area contributed by atoms with Crippen molar-refractivity contribution in [3.05, 3.63) is 52.6 Å². The normalized spacial score (nSPS) is 28.3. The molecule has 9 N–H and O–H groups in total. The van der Waals surface area contributed by atoms with Crippen molar-refractivity contribution in [1.82, 2.24) is 16.2 Å². The molecule has 2 aromatic rings. The Morgan fingerprint density at radius 3 is 2.44 bits per heavy atom. The highest BCUT2D eigenvalue weighted by Gasteiger charge is 2.42. The average molecular weight is 451 g/mol. The van der Waals surface area contributed by atoms with Crippen LogP contribution in [-0.2, 0) is 11.8 Å². The third-order valence-corrected chi connectivity index (χ3v) is 6.44. The summed E-state index contributed by atoms with van der Waals surface area (Å²) in [5, 5.41) is 24.3. The Kier molecular flexibility index (Phi) is 5.74. The average Bonchev–Trinajstić information content (AvgIpc) is 2.72. The first-order valence-electron chi connectivity index (χ1n) is 10.6. The summed E-state index contributed by atoms with van der Waals surface area (Å²) >= 11 is 0. The highest BCUT2D eigenvalue weighted by molar-refractivity contribution is 5.68. The molecule has 1 heterocycles. The summed E-state index contributed by atoms with van der Waals surface area (Å²) < 4.78 is 39.1. The lowest BCUT2D eigenvalue weighted by atomic mass is 9.82. The molecule has 0 radical (unpaired) electrons. The number of rotatable bonds is 3. The van der Waals surface area contributed by atoms with Crippen LogP contribution in [0.2, 0.25) is 0 Å². The molecule has 1 aliphatic carbocycles. The quantitative estimate of drug-likeness (QED) is 0.358. The zero-order valence-electron chi connectivity index (χ0n) is 17.6. The van der Waals surface area contributed by atoms with Gasteiger partial charge in [0, 0.05) is 34.1 Å². The molecule has 174 valence electrons. The summed E-state index contributed by atoms with van der Waals surface area (Å²) in [4.78, 5) is 0. The number of anilines is 2. The Morgan fingerprint density at radius 2 is 1.78 bits per heavy atom. The lowest BCUT2D eigenvalue weighted by Gasteiger charge is -2.46. The van der Waals surface area contributed by atoms with Gasteiger partial charge in [0.2, 0.25) is 0 Å². The van der Waals surface area contributed by atoms with Gasteiger partial charge in [-0.1, -0.05) is 18.9 Å². The van der Waals surface area contributed by atoms with Crippen LogP contribution in [0.25, 0.3) is 0 Å². The number of hydrogen-bond acceptors (Lipinski definition) is 7. The van der Waals surface area contributed by atoms with Gasteiger partial charge in [-0.2, -0.15) is 13.2 Å². The van der Waals surface area contributed by atoms with Gasteiger partial charge >= 0.3 is 6.18 Å². The molecule has 0 amide bonds. The molecule has 2 aromatic carbocycles. The monoisotopic (exact) mass is 451 g/mol. The number of hydrazine groups is 1. The van der Waals surface area contributed by atoms with E-state index in [9.17, 15) is 23.4 Å². The molecule has 2 aliphatic rings. The number of aliphatic hydroxyl groups is 1. The number of nitrogens with two attached hydrogens (primary N) is 2. The van der Waals surface area contributed by atoms with Crippen molar-refractivity contribution in [3.8, 4) is 5.75 Å². The zero-order chi connectivity index (χ0) is 23.3. The van der Waals surface area contributed by atoms with Gasteiger partial charge in [-0.25, -0.2) is 10.9 Å². The third-order valence-electron chi connectivity index (χ3n) is 6.44. The SMILES string of the molecule is CC1(N[C@@H]2CCCC[C@H]2O)NNC(c2ccc(C(F)(F)F)cc2O)c2c(N)ccc(N)c21. The Hall–Kier alpha value is -2.53. The van der Waals surface area contributed by atoms with Gasteiger partial charge in [-0.05, 0) is 44.0 Å². The van der Waals surface area contributed by atoms with E-state index in [1.807, 2.05) is 6.92 Å². The number of aromatic hydroxyl groups is 1. The van der Waals surface area contributed by atoms with E-state index in [2.05, 4.69) is 16.2 Å². The molecule has 0 bridgehead atoms. The number of nitrogen functional groups attached to an aromatic ring is 2. The molecule has 4 atom stereocenters. The van der Waals surface area contributed by atoms with Crippen LogP contribution in [0.4, 0.5) is 24.5 Å². The van der Waals surface area contributed by atoms with Crippen molar-refractivity contribution in [2.75, 3.05) is 11.5 Å². The number of phenolic OH excluding ortho intramolecular Hbond substituents is 1. The van der Waals surface area contributed by atoms with Crippen LogP contribution in [0, 0.1) is 0 Å². The van der Waals surface area contributed by atoms with Gasteiger partial charge < -0.3 is 21.7 Å². The number of fused-ring (bicyclic) bond motifs is 1. The van der Waals surface area contributed by atoms with Crippen LogP contribution in [-0.4, -0.2) is 22.4 Å². The molecule has 4 rings (SSSR count). The van der Waals surface area contributed by atoms with Crippen LogP contribution in [0.5, 0.6) is 5.75 Å². The van der Waals surface area contributed by atoms with Gasteiger partial charge in [-0.3, -0.25) is 5.32 Å². The fourth-order valence-electron chi connectivity index (χ4n) is 4.83. The molecule has 0 aromatic heterocycles. The summed E-state index contributed by atoms with van der Waals surface area (Å²) in [6.07, 6.45) is -1.65. The molecule has 32 heavy (non-hydrogen) atoms. The number of phenols is 1. The molecular weight excluding hydrogens is 423 g/mol. The minimum atomic E-state index is -4.57. The number of benzene rings is 2. The van der Waals surface area contributed by atoms with E-state index in [-0.39, 0.29) is 11.6 Å². The van der Waals surface area contributed by atoms with Crippen LogP contribution in [0.1, 0.15) is 60.9 Å². The lowest BCUT2D eigenvalue weighted by Crippen LogP contribution is -2.65. The van der Waals surface area contributed by atoms with Gasteiger partial charge in [0.1, 0.15) is 11.4 Å². The van der Waals surface area contributed by atoms with Crippen molar-refractivity contribution >= 4 is 11.4 Å². The molecule has 0 saturated heterocycles. The Balaban J connectivity index is 1.77. The van der Waals surface area contributed by atoms with Crippen LogP contribution < -0.4 is 27.6 Å². The van der Waals surface area contributed by atoms with Crippen molar-refractivity contribution in [2.45, 2.75) is 62.6 Å². The van der Waals surface area contributed by atoms with Crippen LogP contribution >= 0.6 is 0 Å². The third kappa shape index (κ3) is 3.99. The number of aliphatic hydroxyl groups excluding tert-OH is 1. The number of hydrogen-bond donors (Lipinski definition) is 7. The Morgan fingerprint density at radius 1 is 1.09 bits per heavy atom. The van der Waals surface area contributed by atoms with Gasteiger partial charge in [0.25, 0.3) is 0 Å². The molecule has 1 fully saturated rings. The molecule has 0 spiro atoms. The van der Waals surface area contributed by atoms with Gasteiger partial charge in [0.05, 0.1) is 17.7 Å². The number of halogens is 3. The zero-order valence-corrected chi connectivity index (χ0v) is 17.6. The van der Waals surface area contributed by atoms with Crippen molar-refractivity contribution in [1.29, 1.82) is 0 Å². The Bertz CT molecular complexity index is 1020. The number of nitrogens with one attached hydrogen (secondary N) is 3. The minimum Gasteiger partial charge on any atom is -0.508 e. The maximum atomic E-state index is 13.0. The summed E-state index contributed by atoms with van der Waals surface area (Å²) in [6, 6.07) is 5.22. The summed E-state index contributed by atoms with van der Waals surface area (Å²) in [5.74, 6) is -0.508. The van der Waals surface area contributed by atoms with Gasteiger partial charge in [0.15, 0.2) is 0 Å². The summed E-state index contributed by atoms with van der Waals surface area (Å²) in [6.45, 7) is 1.86. The smallest absolute Gasteiger partial charge is 0.416 e. The van der Waals surface area contributed by atoms with Crippen molar-refractivity contribution in [3.63, 3.8) is 0 Å². The van der Waals surface area contributed by atoms with Crippen molar-refractivity contribution in [2.24, 2.45) is 0 Å². The first-order valence-corrected chi connectivity index (χ1v) is 10.6. The maximum absolute atomic E-state index is 13.0. The van der Waals surface area contributed by atoms with E-state index in [1.165, 1.54) is 6.07 Å². The summed E-state index contributed by atoms with van der Waals surface area (Å²) in [7, 11) is 0. The summed E-state index contributed by atoms with van der Waals surface area (Å²) in [5.41, 5.74) is 19.3. The van der Waals surface area contributed by atoms with Crippen LogP contribution in [0.3, 0.4) is 0 Å². The molecular formula is C22H28F3N5O2. The largest absolute Gasteiger partial charge is 0.508 e. The van der Waals surface area contributed by atoms with E-state index in [0.29, 0.717) is 35.0 Å².